The zero-order valence-electron chi connectivity index (χ0n) is 15.0. The third-order valence-electron chi connectivity index (χ3n) is 4.17. The van der Waals surface area contributed by atoms with E-state index in [1.807, 2.05) is 57.2 Å². The average Bonchev–Trinajstić information content (AvgIpc) is 2.92. The second-order valence-corrected chi connectivity index (χ2v) is 8.11. The summed E-state index contributed by atoms with van der Waals surface area (Å²) in [5, 5.41) is 4.19. The predicted octanol–water partition coefficient (Wildman–Crippen LogP) is 5.05. The van der Waals surface area contributed by atoms with E-state index in [-0.39, 0.29) is 5.91 Å². The van der Waals surface area contributed by atoms with Crippen LogP contribution in [0.15, 0.2) is 42.5 Å². The molecule has 0 atom stereocenters. The fraction of sp³-hybridized carbons (Fsp3) is 0.300. The van der Waals surface area contributed by atoms with Crippen LogP contribution in [0.2, 0.25) is 10.0 Å². The van der Waals surface area contributed by atoms with Gasteiger partial charge in [0.05, 0.1) is 24.1 Å². The van der Waals surface area contributed by atoms with Crippen LogP contribution in [0.25, 0.3) is 11.0 Å². The first-order valence-electron chi connectivity index (χ1n) is 8.42. The zero-order chi connectivity index (χ0) is 18.9. The number of nitrogens with zero attached hydrogens (tertiary/aromatic N) is 2. The third-order valence-corrected chi connectivity index (χ3v) is 4.75. The predicted molar refractivity (Wildman–Crippen MR) is 107 cm³/mol. The number of amides is 1. The van der Waals surface area contributed by atoms with E-state index in [1.54, 1.807) is 6.07 Å². The number of hydrogen-bond acceptors (Lipinski definition) is 2. The minimum absolute atomic E-state index is 0.0133. The van der Waals surface area contributed by atoms with Crippen LogP contribution < -0.4 is 5.32 Å². The summed E-state index contributed by atoms with van der Waals surface area (Å²) < 4.78 is 2.08. The van der Waals surface area contributed by atoms with Gasteiger partial charge in [0.1, 0.15) is 5.82 Å². The average molecular weight is 390 g/mol. The number of aromatic nitrogens is 2. The van der Waals surface area contributed by atoms with Gasteiger partial charge in [-0.25, -0.2) is 4.98 Å². The highest BCUT2D eigenvalue weighted by Crippen LogP contribution is 2.25. The molecule has 0 radical (unpaired) electrons. The Balaban J connectivity index is 1.95. The van der Waals surface area contributed by atoms with Crippen LogP contribution in [0.4, 0.5) is 0 Å². The van der Waals surface area contributed by atoms with Crippen LogP contribution in [-0.2, 0) is 17.9 Å². The number of nitrogens with one attached hydrogen (secondary N) is 1. The lowest BCUT2D eigenvalue weighted by Gasteiger charge is -2.18. The van der Waals surface area contributed by atoms with Crippen molar-refractivity contribution in [2.45, 2.75) is 33.9 Å². The number of halogens is 2. The molecule has 0 fully saturated rings. The molecule has 0 spiro atoms. The highest BCUT2D eigenvalue weighted by atomic mass is 35.5. The Morgan fingerprint density at radius 3 is 2.58 bits per heavy atom. The minimum Gasteiger partial charge on any atom is -0.348 e. The van der Waals surface area contributed by atoms with Crippen molar-refractivity contribution in [3.05, 3.63) is 63.9 Å². The van der Waals surface area contributed by atoms with Gasteiger partial charge in [-0.15, -0.1) is 0 Å². The van der Waals surface area contributed by atoms with Crippen LogP contribution in [-0.4, -0.2) is 15.5 Å². The summed E-state index contributed by atoms with van der Waals surface area (Å²) in [7, 11) is 0. The molecule has 0 saturated carbocycles. The van der Waals surface area contributed by atoms with Crippen molar-refractivity contribution in [1.29, 1.82) is 0 Å². The lowest BCUT2D eigenvalue weighted by molar-refractivity contribution is -0.128. The second-order valence-electron chi connectivity index (χ2n) is 7.27. The zero-order valence-corrected chi connectivity index (χ0v) is 16.5. The van der Waals surface area contributed by atoms with E-state index in [0.717, 1.165) is 22.4 Å². The highest BCUT2D eigenvalue weighted by molar-refractivity contribution is 6.35. The summed E-state index contributed by atoms with van der Waals surface area (Å²) in [5.74, 6) is 0.774. The summed E-state index contributed by atoms with van der Waals surface area (Å²) in [5.41, 5.74) is 2.38. The summed E-state index contributed by atoms with van der Waals surface area (Å²) in [6.45, 7) is 6.57. The van der Waals surface area contributed by atoms with Crippen molar-refractivity contribution >= 4 is 40.1 Å². The Morgan fingerprint density at radius 2 is 1.88 bits per heavy atom. The van der Waals surface area contributed by atoms with E-state index in [2.05, 4.69) is 14.9 Å². The van der Waals surface area contributed by atoms with Crippen molar-refractivity contribution in [1.82, 2.24) is 14.9 Å². The first-order valence-corrected chi connectivity index (χ1v) is 9.17. The van der Waals surface area contributed by atoms with Gasteiger partial charge in [0.2, 0.25) is 5.91 Å². The molecule has 1 aromatic heterocycles. The van der Waals surface area contributed by atoms with Gasteiger partial charge in [-0.2, -0.15) is 0 Å². The third kappa shape index (κ3) is 4.02. The standard InChI is InChI=1S/C20H21Cl2N3O/c1-20(2,3)19(26)23-11-18-24-16-6-4-5-7-17(16)25(18)12-13-8-9-14(21)10-15(13)22/h4-10H,11-12H2,1-3H3,(H,23,26). The number of hydrogen-bond donors (Lipinski definition) is 1. The Morgan fingerprint density at radius 1 is 1.15 bits per heavy atom. The van der Waals surface area contributed by atoms with Gasteiger partial charge < -0.3 is 9.88 Å². The van der Waals surface area contributed by atoms with Gasteiger partial charge in [-0.05, 0) is 29.8 Å². The van der Waals surface area contributed by atoms with Crippen molar-refractivity contribution < 1.29 is 4.79 Å². The molecule has 136 valence electrons. The molecule has 0 aliphatic carbocycles. The molecule has 4 nitrogen and oxygen atoms in total. The summed E-state index contributed by atoms with van der Waals surface area (Å²) in [4.78, 5) is 16.9. The Bertz CT molecular complexity index is 957. The molecule has 0 saturated heterocycles. The number of carbonyl (C=O) groups excluding carboxylic acids is 1. The molecule has 6 heteroatoms. The molecule has 0 unspecified atom stereocenters. The molecule has 1 N–H and O–H groups in total. The lowest BCUT2D eigenvalue weighted by atomic mass is 9.96. The summed E-state index contributed by atoms with van der Waals surface area (Å²) in [6, 6.07) is 13.4. The molecule has 0 aliphatic heterocycles. The molecular formula is C20H21Cl2N3O. The van der Waals surface area contributed by atoms with Gasteiger partial charge in [0, 0.05) is 15.5 Å². The maximum absolute atomic E-state index is 12.2. The van der Waals surface area contributed by atoms with E-state index in [4.69, 9.17) is 23.2 Å². The first kappa shape index (κ1) is 18.7. The van der Waals surface area contributed by atoms with Crippen LogP contribution in [0, 0.1) is 5.41 Å². The quantitative estimate of drug-likeness (QED) is 0.677. The minimum atomic E-state index is -0.448. The molecule has 1 amide bonds. The molecule has 2 aromatic carbocycles. The van der Waals surface area contributed by atoms with Crippen LogP contribution in [0.5, 0.6) is 0 Å². The van der Waals surface area contributed by atoms with E-state index >= 15 is 0 Å². The number of carbonyl (C=O) groups is 1. The van der Waals surface area contributed by atoms with Crippen molar-refractivity contribution in [3.8, 4) is 0 Å². The Kier molecular flexibility index (Phi) is 5.26. The number of para-hydroxylation sites is 2. The van der Waals surface area contributed by atoms with E-state index in [0.29, 0.717) is 23.1 Å². The van der Waals surface area contributed by atoms with Gasteiger partial charge in [0.25, 0.3) is 0 Å². The second kappa shape index (κ2) is 7.29. The fourth-order valence-corrected chi connectivity index (χ4v) is 3.15. The van der Waals surface area contributed by atoms with E-state index < -0.39 is 5.41 Å². The molecule has 3 rings (SSSR count). The normalized spacial score (nSPS) is 11.7. The molecule has 0 aliphatic rings. The number of imidazole rings is 1. The SMILES string of the molecule is CC(C)(C)C(=O)NCc1nc2ccccc2n1Cc1ccc(Cl)cc1Cl. The van der Waals surface area contributed by atoms with Crippen LogP contribution in [0.3, 0.4) is 0 Å². The van der Waals surface area contributed by atoms with Gasteiger partial charge in [-0.3, -0.25) is 4.79 Å². The molecular weight excluding hydrogens is 369 g/mol. The lowest BCUT2D eigenvalue weighted by Crippen LogP contribution is -2.35. The first-order chi connectivity index (χ1) is 12.3. The number of benzene rings is 2. The molecule has 26 heavy (non-hydrogen) atoms. The fourth-order valence-electron chi connectivity index (χ4n) is 2.68. The van der Waals surface area contributed by atoms with Crippen LogP contribution >= 0.6 is 23.2 Å². The van der Waals surface area contributed by atoms with Crippen molar-refractivity contribution in [2.75, 3.05) is 0 Å². The smallest absolute Gasteiger partial charge is 0.225 e. The maximum Gasteiger partial charge on any atom is 0.225 e. The van der Waals surface area contributed by atoms with E-state index in [9.17, 15) is 4.79 Å². The largest absolute Gasteiger partial charge is 0.348 e. The van der Waals surface area contributed by atoms with Crippen LogP contribution in [0.1, 0.15) is 32.2 Å². The van der Waals surface area contributed by atoms with Gasteiger partial charge in [-0.1, -0.05) is 62.2 Å². The van der Waals surface area contributed by atoms with Crippen molar-refractivity contribution in [3.63, 3.8) is 0 Å². The van der Waals surface area contributed by atoms with Gasteiger partial charge >= 0.3 is 0 Å². The monoisotopic (exact) mass is 389 g/mol. The topological polar surface area (TPSA) is 46.9 Å². The molecule has 0 bridgehead atoms. The van der Waals surface area contributed by atoms with E-state index in [1.165, 1.54) is 0 Å². The number of fused-ring (bicyclic) bond motifs is 1. The summed E-state index contributed by atoms with van der Waals surface area (Å²) in [6.07, 6.45) is 0. The highest BCUT2D eigenvalue weighted by Gasteiger charge is 2.22. The Hall–Kier alpha value is -2.04. The maximum atomic E-state index is 12.2. The van der Waals surface area contributed by atoms with Crippen molar-refractivity contribution in [2.24, 2.45) is 5.41 Å². The Labute approximate surface area is 163 Å². The summed E-state index contributed by atoms with van der Waals surface area (Å²) >= 11 is 12.4. The molecule has 1 heterocycles. The number of rotatable bonds is 4. The molecule has 3 aromatic rings. The van der Waals surface area contributed by atoms with Gasteiger partial charge in [0.15, 0.2) is 0 Å².